The lowest BCUT2D eigenvalue weighted by atomic mass is 10.2. The third-order valence-electron chi connectivity index (χ3n) is 2.29. The molecule has 1 aromatic rings. The zero-order valence-electron chi connectivity index (χ0n) is 11.5. The summed E-state index contributed by atoms with van der Waals surface area (Å²) in [6, 6.07) is 4.16. The van der Waals surface area contributed by atoms with E-state index in [1.54, 1.807) is 19.9 Å². The summed E-state index contributed by atoms with van der Waals surface area (Å²) in [7, 11) is -2.35. The number of hydrogen-bond acceptors (Lipinski definition) is 4. The van der Waals surface area contributed by atoms with Gasteiger partial charge in [0, 0.05) is 12.1 Å². The van der Waals surface area contributed by atoms with Crippen molar-refractivity contribution < 1.29 is 23.1 Å². The number of carboxylic acid groups (broad SMARTS) is 1. The van der Waals surface area contributed by atoms with Gasteiger partial charge in [-0.1, -0.05) is 6.07 Å². The average Bonchev–Trinajstić information content (AvgIpc) is 2.34. The molecule has 0 saturated heterocycles. The van der Waals surface area contributed by atoms with E-state index < -0.39 is 16.0 Å². The molecule has 0 aliphatic heterocycles. The molecule has 20 heavy (non-hydrogen) atoms. The third-order valence-corrected chi connectivity index (χ3v) is 3.97. The highest BCUT2D eigenvalue weighted by Crippen LogP contribution is 2.25. The molecule has 110 valence electrons. The van der Waals surface area contributed by atoms with Crippen molar-refractivity contribution in [3.63, 3.8) is 0 Å². The summed E-state index contributed by atoms with van der Waals surface area (Å²) in [4.78, 5) is 10.5. The van der Waals surface area contributed by atoms with Gasteiger partial charge in [-0.3, -0.25) is 0 Å². The molecule has 0 aliphatic carbocycles. The molecule has 0 aromatic heterocycles. The molecule has 0 aliphatic rings. The number of ether oxygens (including phenoxy) is 1. The molecule has 0 bridgehead atoms. The second kappa shape index (κ2) is 6.53. The first-order valence-electron chi connectivity index (χ1n) is 5.87. The molecule has 1 aromatic carbocycles. The summed E-state index contributed by atoms with van der Waals surface area (Å²) in [5, 5.41) is 8.58. The van der Waals surface area contributed by atoms with Gasteiger partial charge < -0.3 is 9.84 Å². The molecule has 0 radical (unpaired) electrons. The molecule has 6 nitrogen and oxygen atoms in total. The maximum Gasteiger partial charge on any atom is 0.328 e. The molecule has 0 heterocycles. The molecule has 0 saturated carbocycles. The normalized spacial score (nSPS) is 12.0. The van der Waals surface area contributed by atoms with Crippen LogP contribution in [0.3, 0.4) is 0 Å². The first-order chi connectivity index (χ1) is 9.26. The molecule has 7 heteroatoms. The number of rotatable bonds is 6. The highest BCUT2D eigenvalue weighted by molar-refractivity contribution is 7.89. The zero-order valence-corrected chi connectivity index (χ0v) is 12.3. The van der Waals surface area contributed by atoms with Crippen LogP contribution in [0.1, 0.15) is 19.4 Å². The van der Waals surface area contributed by atoms with E-state index in [1.807, 2.05) is 0 Å². The van der Waals surface area contributed by atoms with Gasteiger partial charge in [-0.25, -0.2) is 17.9 Å². The monoisotopic (exact) mass is 299 g/mol. The quantitative estimate of drug-likeness (QED) is 0.776. The molecule has 0 atom stereocenters. The number of nitrogens with one attached hydrogen (secondary N) is 1. The lowest BCUT2D eigenvalue weighted by Crippen LogP contribution is -2.30. The number of aliphatic carboxylic acids is 1. The van der Waals surface area contributed by atoms with Crippen molar-refractivity contribution in [3.8, 4) is 5.75 Å². The van der Waals surface area contributed by atoms with Crippen LogP contribution in [0.25, 0.3) is 6.08 Å². The number of carbonyl (C=O) groups is 1. The Bertz CT molecular complexity index is 620. The van der Waals surface area contributed by atoms with Crippen molar-refractivity contribution in [2.45, 2.75) is 24.8 Å². The summed E-state index contributed by atoms with van der Waals surface area (Å²) >= 11 is 0. The Hall–Kier alpha value is -1.86. The van der Waals surface area contributed by atoms with Crippen LogP contribution in [0.2, 0.25) is 0 Å². The van der Waals surface area contributed by atoms with E-state index in [1.165, 1.54) is 25.3 Å². The Kier molecular flexibility index (Phi) is 5.29. The first kappa shape index (κ1) is 16.2. The largest absolute Gasteiger partial charge is 0.495 e. The Morgan fingerprint density at radius 3 is 2.55 bits per heavy atom. The molecular formula is C13H17NO5S. The maximum absolute atomic E-state index is 12.2. The van der Waals surface area contributed by atoms with Crippen LogP contribution >= 0.6 is 0 Å². The number of methoxy groups -OCH3 is 1. The molecule has 0 fully saturated rings. The van der Waals surface area contributed by atoms with Gasteiger partial charge in [0.2, 0.25) is 10.0 Å². The fourth-order valence-corrected chi connectivity index (χ4v) is 3.00. The average molecular weight is 299 g/mol. The third kappa shape index (κ3) is 4.36. The second-order valence-electron chi connectivity index (χ2n) is 4.36. The van der Waals surface area contributed by atoms with Crippen molar-refractivity contribution in [2.75, 3.05) is 7.11 Å². The summed E-state index contributed by atoms with van der Waals surface area (Å²) in [5.74, 6) is -0.906. The van der Waals surface area contributed by atoms with Gasteiger partial charge in [0.25, 0.3) is 0 Å². The Balaban J connectivity index is 3.29. The summed E-state index contributed by atoms with van der Waals surface area (Å²) in [6.07, 6.45) is 2.25. The van der Waals surface area contributed by atoms with Crippen LogP contribution in [-0.2, 0) is 14.8 Å². The van der Waals surface area contributed by atoms with Gasteiger partial charge in [-0.05, 0) is 37.6 Å². The Morgan fingerprint density at radius 2 is 2.05 bits per heavy atom. The molecular weight excluding hydrogens is 282 g/mol. The molecule has 2 N–H and O–H groups in total. The molecule has 1 rings (SSSR count). The number of carboxylic acids is 1. The number of benzene rings is 1. The van der Waals surface area contributed by atoms with Crippen LogP contribution in [0.15, 0.2) is 29.2 Å². The van der Waals surface area contributed by atoms with E-state index in [0.717, 1.165) is 6.08 Å². The van der Waals surface area contributed by atoms with Crippen molar-refractivity contribution in [1.29, 1.82) is 0 Å². The van der Waals surface area contributed by atoms with Crippen molar-refractivity contribution in [2.24, 2.45) is 0 Å². The van der Waals surface area contributed by atoms with Crippen molar-refractivity contribution >= 4 is 22.1 Å². The fourth-order valence-electron chi connectivity index (χ4n) is 1.55. The van der Waals surface area contributed by atoms with Crippen LogP contribution in [-0.4, -0.2) is 32.6 Å². The predicted molar refractivity (Wildman–Crippen MR) is 75.1 cm³/mol. The Morgan fingerprint density at radius 1 is 1.40 bits per heavy atom. The number of sulfonamides is 1. The molecule has 0 spiro atoms. The minimum absolute atomic E-state index is 0.0266. The van der Waals surface area contributed by atoms with Gasteiger partial charge in [0.15, 0.2) is 0 Å². The summed E-state index contributed by atoms with van der Waals surface area (Å²) < 4.78 is 31.9. The highest BCUT2D eigenvalue weighted by Gasteiger charge is 2.20. The zero-order chi connectivity index (χ0) is 15.3. The van der Waals surface area contributed by atoms with Crippen LogP contribution < -0.4 is 9.46 Å². The summed E-state index contributed by atoms with van der Waals surface area (Å²) in [5.41, 5.74) is 0.456. The molecule has 0 amide bonds. The first-order valence-corrected chi connectivity index (χ1v) is 7.36. The van der Waals surface area contributed by atoms with E-state index in [0.29, 0.717) is 5.56 Å². The summed E-state index contributed by atoms with van der Waals surface area (Å²) in [6.45, 7) is 3.41. The van der Waals surface area contributed by atoms with Crippen LogP contribution in [0.5, 0.6) is 5.75 Å². The van der Waals surface area contributed by atoms with E-state index in [2.05, 4.69) is 4.72 Å². The lowest BCUT2D eigenvalue weighted by Gasteiger charge is -2.13. The Labute approximate surface area is 118 Å². The standard InChI is InChI=1S/C13H17NO5S/c1-9(2)14-20(17,18)12-8-10(5-7-13(15)16)4-6-11(12)19-3/h4-9,14H,1-3H3,(H,15,16). The lowest BCUT2D eigenvalue weighted by molar-refractivity contribution is -0.131. The van der Waals surface area contributed by atoms with Crippen LogP contribution in [0, 0.1) is 0 Å². The maximum atomic E-state index is 12.2. The van der Waals surface area contributed by atoms with Gasteiger partial charge >= 0.3 is 5.97 Å². The highest BCUT2D eigenvalue weighted by atomic mass is 32.2. The predicted octanol–water partition coefficient (Wildman–Crippen LogP) is 1.48. The minimum Gasteiger partial charge on any atom is -0.495 e. The van der Waals surface area contributed by atoms with Crippen LogP contribution in [0.4, 0.5) is 0 Å². The topological polar surface area (TPSA) is 92.7 Å². The molecule has 0 unspecified atom stereocenters. The van der Waals surface area contributed by atoms with Gasteiger partial charge in [0.1, 0.15) is 10.6 Å². The van der Waals surface area contributed by atoms with Gasteiger partial charge in [-0.2, -0.15) is 0 Å². The SMILES string of the molecule is COc1ccc(C=CC(=O)O)cc1S(=O)(=O)NC(C)C. The van der Waals surface area contributed by atoms with E-state index in [-0.39, 0.29) is 16.7 Å². The van der Waals surface area contributed by atoms with Crippen molar-refractivity contribution in [1.82, 2.24) is 4.72 Å². The van der Waals surface area contributed by atoms with E-state index in [4.69, 9.17) is 9.84 Å². The van der Waals surface area contributed by atoms with Gasteiger partial charge in [0.05, 0.1) is 7.11 Å². The van der Waals surface area contributed by atoms with Crippen molar-refractivity contribution in [3.05, 3.63) is 29.8 Å². The van der Waals surface area contributed by atoms with Gasteiger partial charge in [-0.15, -0.1) is 0 Å². The number of hydrogen-bond donors (Lipinski definition) is 2. The van der Waals surface area contributed by atoms with E-state index >= 15 is 0 Å². The smallest absolute Gasteiger partial charge is 0.328 e. The van der Waals surface area contributed by atoms with E-state index in [9.17, 15) is 13.2 Å². The second-order valence-corrected chi connectivity index (χ2v) is 6.04. The minimum atomic E-state index is -3.72. The fraction of sp³-hybridized carbons (Fsp3) is 0.308.